The lowest BCUT2D eigenvalue weighted by atomic mass is 10.0. The summed E-state index contributed by atoms with van der Waals surface area (Å²) in [5.74, 6) is -0.668. The van der Waals surface area contributed by atoms with Crippen LogP contribution in [0.25, 0.3) is 0 Å². The number of para-hydroxylation sites is 1. The van der Waals surface area contributed by atoms with Gasteiger partial charge in [-0.1, -0.05) is 62.4 Å². The number of carbonyl (C=O) groups is 3. The van der Waals surface area contributed by atoms with Crippen molar-refractivity contribution in [1.82, 2.24) is 4.90 Å². The molecule has 0 aromatic heterocycles. The molecule has 0 spiro atoms. The normalized spacial score (nSPS) is 10.6. The Hall–Kier alpha value is -3.93. The maximum absolute atomic E-state index is 13.1. The van der Waals surface area contributed by atoms with Crippen molar-refractivity contribution >= 4 is 29.1 Å². The fourth-order valence-electron chi connectivity index (χ4n) is 3.75. The zero-order chi connectivity index (χ0) is 24.5. The van der Waals surface area contributed by atoms with E-state index in [9.17, 15) is 14.4 Å². The Bertz CT molecular complexity index is 1140. The van der Waals surface area contributed by atoms with Crippen LogP contribution >= 0.6 is 0 Å². The van der Waals surface area contributed by atoms with Crippen LogP contribution in [0.3, 0.4) is 0 Å². The van der Waals surface area contributed by atoms with Gasteiger partial charge in [0.25, 0.3) is 11.8 Å². The zero-order valence-corrected chi connectivity index (χ0v) is 19.9. The third-order valence-corrected chi connectivity index (χ3v) is 5.76. The van der Waals surface area contributed by atoms with Gasteiger partial charge in [-0.25, -0.2) is 0 Å². The molecule has 0 aliphatic heterocycles. The Kier molecular flexibility index (Phi) is 8.57. The van der Waals surface area contributed by atoms with Crippen molar-refractivity contribution in [3.63, 3.8) is 0 Å². The summed E-state index contributed by atoms with van der Waals surface area (Å²) in [6, 6.07) is 23.5. The van der Waals surface area contributed by atoms with Crippen LogP contribution < -0.4 is 10.6 Å². The Morgan fingerprint density at radius 3 is 2.21 bits per heavy atom. The SMILES string of the molecule is CCC(CC)C(=O)Nc1cccc(C(=O)Nc2ccccc2C(=O)N(C)Cc2ccccc2)c1. The molecule has 6 heteroatoms. The van der Waals surface area contributed by atoms with Crippen molar-refractivity contribution in [3.05, 3.63) is 95.6 Å². The molecular weight excluding hydrogens is 426 g/mol. The molecule has 0 radical (unpaired) electrons. The van der Waals surface area contributed by atoms with Crippen molar-refractivity contribution < 1.29 is 14.4 Å². The number of anilines is 2. The van der Waals surface area contributed by atoms with E-state index in [1.807, 2.05) is 44.2 Å². The first-order valence-electron chi connectivity index (χ1n) is 11.5. The van der Waals surface area contributed by atoms with Crippen LogP contribution in [0.1, 0.15) is 53.0 Å². The number of nitrogens with zero attached hydrogens (tertiary/aromatic N) is 1. The first kappa shape index (κ1) is 24.7. The molecule has 3 aromatic rings. The average Bonchev–Trinajstić information content (AvgIpc) is 2.85. The van der Waals surface area contributed by atoms with Gasteiger partial charge in [-0.15, -0.1) is 0 Å². The van der Waals surface area contributed by atoms with Gasteiger partial charge in [0.2, 0.25) is 5.91 Å². The first-order chi connectivity index (χ1) is 16.4. The minimum Gasteiger partial charge on any atom is -0.337 e. The van der Waals surface area contributed by atoms with Crippen molar-refractivity contribution in [3.8, 4) is 0 Å². The molecule has 176 valence electrons. The molecule has 0 fully saturated rings. The molecule has 2 N–H and O–H groups in total. The number of hydrogen-bond donors (Lipinski definition) is 2. The fraction of sp³-hybridized carbons (Fsp3) is 0.250. The van der Waals surface area contributed by atoms with Crippen molar-refractivity contribution in [2.75, 3.05) is 17.7 Å². The maximum atomic E-state index is 13.1. The molecule has 0 bridgehead atoms. The highest BCUT2D eigenvalue weighted by Gasteiger charge is 2.19. The third kappa shape index (κ3) is 6.32. The molecule has 3 aromatic carbocycles. The number of carbonyl (C=O) groups excluding carboxylic acids is 3. The third-order valence-electron chi connectivity index (χ3n) is 5.76. The van der Waals surface area contributed by atoms with Crippen molar-refractivity contribution in [2.45, 2.75) is 33.2 Å². The predicted octanol–water partition coefficient (Wildman–Crippen LogP) is 5.59. The highest BCUT2D eigenvalue weighted by molar-refractivity contribution is 6.09. The number of rotatable bonds is 9. The monoisotopic (exact) mass is 457 g/mol. The number of amides is 3. The molecule has 3 amide bonds. The van der Waals surface area contributed by atoms with E-state index in [0.29, 0.717) is 29.0 Å². The highest BCUT2D eigenvalue weighted by atomic mass is 16.2. The van der Waals surface area contributed by atoms with E-state index in [4.69, 9.17) is 0 Å². The summed E-state index contributed by atoms with van der Waals surface area (Å²) in [6.45, 7) is 4.42. The number of nitrogens with one attached hydrogen (secondary N) is 2. The van der Waals surface area contributed by atoms with E-state index in [1.54, 1.807) is 60.5 Å². The maximum Gasteiger partial charge on any atom is 0.256 e. The second-order valence-electron chi connectivity index (χ2n) is 8.23. The van der Waals surface area contributed by atoms with Crippen LogP contribution in [0.2, 0.25) is 0 Å². The summed E-state index contributed by atoms with van der Waals surface area (Å²) in [6.07, 6.45) is 1.51. The molecule has 0 saturated carbocycles. The summed E-state index contributed by atoms with van der Waals surface area (Å²) in [4.78, 5) is 40.1. The van der Waals surface area contributed by atoms with Gasteiger partial charge >= 0.3 is 0 Å². The topological polar surface area (TPSA) is 78.5 Å². The Morgan fingerprint density at radius 1 is 0.824 bits per heavy atom. The fourth-order valence-corrected chi connectivity index (χ4v) is 3.75. The smallest absolute Gasteiger partial charge is 0.256 e. The minimum atomic E-state index is -0.357. The van der Waals surface area contributed by atoms with E-state index in [0.717, 1.165) is 18.4 Å². The predicted molar refractivity (Wildman–Crippen MR) is 136 cm³/mol. The number of hydrogen-bond acceptors (Lipinski definition) is 3. The first-order valence-corrected chi connectivity index (χ1v) is 11.5. The van der Waals surface area contributed by atoms with Crippen molar-refractivity contribution in [2.24, 2.45) is 5.92 Å². The molecule has 3 rings (SSSR count). The van der Waals surface area contributed by atoms with Crippen molar-refractivity contribution in [1.29, 1.82) is 0 Å². The lowest BCUT2D eigenvalue weighted by Gasteiger charge is -2.19. The molecule has 0 atom stereocenters. The summed E-state index contributed by atoms with van der Waals surface area (Å²) >= 11 is 0. The average molecular weight is 458 g/mol. The molecule has 0 heterocycles. The van der Waals surface area contributed by atoms with E-state index >= 15 is 0 Å². The number of benzene rings is 3. The van der Waals surface area contributed by atoms with Gasteiger partial charge in [0.15, 0.2) is 0 Å². The largest absolute Gasteiger partial charge is 0.337 e. The molecule has 0 unspecified atom stereocenters. The second-order valence-corrected chi connectivity index (χ2v) is 8.23. The highest BCUT2D eigenvalue weighted by Crippen LogP contribution is 2.20. The summed E-state index contributed by atoms with van der Waals surface area (Å²) in [5.41, 5.74) is 2.82. The van der Waals surface area contributed by atoms with Crippen LogP contribution in [-0.2, 0) is 11.3 Å². The molecule has 0 saturated heterocycles. The van der Waals surface area contributed by atoms with Crippen LogP contribution in [0.5, 0.6) is 0 Å². The Morgan fingerprint density at radius 2 is 1.50 bits per heavy atom. The molecule has 6 nitrogen and oxygen atoms in total. The molecule has 0 aliphatic carbocycles. The van der Waals surface area contributed by atoms with Gasteiger partial charge in [0, 0.05) is 30.8 Å². The minimum absolute atomic E-state index is 0.0556. The summed E-state index contributed by atoms with van der Waals surface area (Å²) in [5, 5.41) is 5.74. The summed E-state index contributed by atoms with van der Waals surface area (Å²) in [7, 11) is 1.74. The lowest BCUT2D eigenvalue weighted by molar-refractivity contribution is -0.120. The van der Waals surface area contributed by atoms with E-state index in [2.05, 4.69) is 10.6 Å². The zero-order valence-electron chi connectivity index (χ0n) is 19.9. The quantitative estimate of drug-likeness (QED) is 0.440. The van der Waals surface area contributed by atoms with E-state index < -0.39 is 0 Å². The van der Waals surface area contributed by atoms with Gasteiger partial charge in [0.05, 0.1) is 11.3 Å². The molecular formula is C28H31N3O3. The van der Waals surface area contributed by atoms with Gasteiger partial charge in [-0.2, -0.15) is 0 Å². The molecule has 34 heavy (non-hydrogen) atoms. The van der Waals surface area contributed by atoms with Crippen LogP contribution in [0.15, 0.2) is 78.9 Å². The van der Waals surface area contributed by atoms with Gasteiger partial charge in [-0.3, -0.25) is 14.4 Å². The van der Waals surface area contributed by atoms with Gasteiger partial charge in [-0.05, 0) is 48.7 Å². The summed E-state index contributed by atoms with van der Waals surface area (Å²) < 4.78 is 0. The van der Waals surface area contributed by atoms with Crippen LogP contribution in [-0.4, -0.2) is 29.7 Å². The Labute approximate surface area is 201 Å². The standard InChI is InChI=1S/C28H31N3O3/c1-4-21(5-2)26(32)29-23-15-11-14-22(18-23)27(33)30-25-17-10-9-16-24(25)28(34)31(3)19-20-12-7-6-8-13-20/h6-18,21H,4-5,19H2,1-3H3,(H,29,32)(H,30,33). The van der Waals surface area contributed by atoms with Gasteiger partial charge in [0.1, 0.15) is 0 Å². The Balaban J connectivity index is 1.73. The van der Waals surface area contributed by atoms with Crippen LogP contribution in [0, 0.1) is 5.92 Å². The lowest BCUT2D eigenvalue weighted by Crippen LogP contribution is -2.27. The van der Waals surface area contributed by atoms with E-state index in [-0.39, 0.29) is 23.6 Å². The van der Waals surface area contributed by atoms with Crippen LogP contribution in [0.4, 0.5) is 11.4 Å². The van der Waals surface area contributed by atoms with Gasteiger partial charge < -0.3 is 15.5 Å². The van der Waals surface area contributed by atoms with E-state index in [1.165, 1.54) is 0 Å². The second kappa shape index (κ2) is 11.8. The molecule has 0 aliphatic rings.